The van der Waals surface area contributed by atoms with Crippen molar-refractivity contribution in [2.45, 2.75) is 32.2 Å². The van der Waals surface area contributed by atoms with Crippen LogP contribution in [0.3, 0.4) is 0 Å². The minimum atomic E-state index is -0.600. The van der Waals surface area contributed by atoms with E-state index < -0.39 is 11.3 Å². The van der Waals surface area contributed by atoms with Crippen molar-refractivity contribution in [3.8, 4) is 17.6 Å². The van der Waals surface area contributed by atoms with Gasteiger partial charge in [0.2, 0.25) is 11.7 Å². The lowest BCUT2D eigenvalue weighted by Gasteiger charge is -2.26. The molecule has 1 unspecified atom stereocenters. The number of aromatic amines is 1. The average molecular weight is 501 g/mol. The molecule has 2 aromatic carbocycles. The number of H-pyrrole nitrogens is 1. The summed E-state index contributed by atoms with van der Waals surface area (Å²) >= 11 is 0. The molecule has 1 aliphatic heterocycles. The van der Waals surface area contributed by atoms with Crippen LogP contribution >= 0.6 is 0 Å². The molecule has 4 rings (SSSR count). The summed E-state index contributed by atoms with van der Waals surface area (Å²) in [5.74, 6) is 5.55. The maximum atomic E-state index is 11.9. The number of carbonyl (C=O) groups is 1. The summed E-state index contributed by atoms with van der Waals surface area (Å²) in [5, 5.41) is 13.1. The Balaban J connectivity index is 1.41. The Kier molecular flexibility index (Phi) is 9.08. The first kappa shape index (κ1) is 26.1. The van der Waals surface area contributed by atoms with Gasteiger partial charge in [-0.2, -0.15) is 0 Å². The van der Waals surface area contributed by atoms with Gasteiger partial charge in [-0.1, -0.05) is 43.0 Å². The van der Waals surface area contributed by atoms with Crippen molar-refractivity contribution in [2.75, 3.05) is 32.8 Å². The average Bonchev–Trinajstić information content (AvgIpc) is 2.93. The summed E-state index contributed by atoms with van der Waals surface area (Å²) in [6.07, 6.45) is 2.11. The molecule has 0 aliphatic carbocycles. The highest BCUT2D eigenvalue weighted by molar-refractivity contribution is 5.75. The van der Waals surface area contributed by atoms with E-state index >= 15 is 0 Å². The molecular weight excluding hydrogens is 468 g/mol. The van der Waals surface area contributed by atoms with Gasteiger partial charge in [-0.15, -0.1) is 0 Å². The third-order valence-corrected chi connectivity index (χ3v) is 6.36. The van der Waals surface area contributed by atoms with Crippen LogP contribution in [0.5, 0.6) is 5.75 Å². The van der Waals surface area contributed by atoms with Crippen molar-refractivity contribution in [3.05, 3.63) is 93.2 Å². The van der Waals surface area contributed by atoms with Crippen LogP contribution in [0.1, 0.15) is 47.2 Å². The monoisotopic (exact) mass is 500 g/mol. The van der Waals surface area contributed by atoms with E-state index in [1.165, 1.54) is 11.9 Å². The largest absolute Gasteiger partial charge is 0.502 e. The third kappa shape index (κ3) is 7.53. The predicted molar refractivity (Wildman–Crippen MR) is 141 cm³/mol. The van der Waals surface area contributed by atoms with Gasteiger partial charge in [0.25, 0.3) is 5.56 Å². The van der Waals surface area contributed by atoms with E-state index in [2.05, 4.69) is 44.2 Å². The van der Waals surface area contributed by atoms with E-state index in [0.29, 0.717) is 12.8 Å². The Morgan fingerprint density at radius 1 is 1.08 bits per heavy atom. The van der Waals surface area contributed by atoms with E-state index in [0.717, 1.165) is 49.5 Å². The van der Waals surface area contributed by atoms with Crippen LogP contribution in [-0.2, 0) is 22.5 Å². The minimum absolute atomic E-state index is 0.103. The number of morpholine rings is 1. The first-order valence-electron chi connectivity index (χ1n) is 12.5. The van der Waals surface area contributed by atoms with Crippen molar-refractivity contribution in [1.82, 2.24) is 20.2 Å². The van der Waals surface area contributed by atoms with Crippen molar-refractivity contribution >= 4 is 5.91 Å². The maximum absolute atomic E-state index is 11.9. The zero-order valence-electron chi connectivity index (χ0n) is 21.0. The second-order valence-corrected chi connectivity index (χ2v) is 9.06. The number of aromatic nitrogens is 2. The van der Waals surface area contributed by atoms with Crippen LogP contribution in [0, 0.1) is 11.8 Å². The summed E-state index contributed by atoms with van der Waals surface area (Å²) in [7, 11) is 0. The summed E-state index contributed by atoms with van der Waals surface area (Å²) in [4.78, 5) is 32.6. The molecule has 0 spiro atoms. The van der Waals surface area contributed by atoms with Crippen LogP contribution in [0.4, 0.5) is 0 Å². The molecule has 8 heteroatoms. The van der Waals surface area contributed by atoms with Crippen LogP contribution in [-0.4, -0.2) is 58.7 Å². The van der Waals surface area contributed by atoms with Crippen molar-refractivity contribution in [1.29, 1.82) is 0 Å². The second-order valence-electron chi connectivity index (χ2n) is 9.06. The van der Waals surface area contributed by atoms with Gasteiger partial charge in [0.1, 0.15) is 0 Å². The summed E-state index contributed by atoms with van der Waals surface area (Å²) in [5.41, 5.74) is 3.75. The van der Waals surface area contributed by atoms with Gasteiger partial charge in [-0.25, -0.2) is 4.98 Å². The minimum Gasteiger partial charge on any atom is -0.502 e. The normalized spacial score (nSPS) is 14.4. The molecule has 8 nitrogen and oxygen atoms in total. The van der Waals surface area contributed by atoms with Gasteiger partial charge >= 0.3 is 0 Å². The number of ether oxygens (including phenoxy) is 1. The number of hydrogen-bond donors (Lipinski definition) is 3. The zero-order chi connectivity index (χ0) is 26.0. The molecule has 1 aromatic heterocycles. The molecule has 3 N–H and O–H groups in total. The summed E-state index contributed by atoms with van der Waals surface area (Å²) in [6.45, 7) is 6.48. The highest BCUT2D eigenvalue weighted by Gasteiger charge is 2.20. The fraction of sp³-hybridized carbons (Fsp3) is 0.345. The number of nitrogens with one attached hydrogen (secondary N) is 2. The van der Waals surface area contributed by atoms with E-state index in [9.17, 15) is 14.7 Å². The van der Waals surface area contributed by atoms with E-state index in [-0.39, 0.29) is 24.1 Å². The molecule has 1 amide bonds. The maximum Gasteiger partial charge on any atom is 0.293 e. The van der Waals surface area contributed by atoms with Gasteiger partial charge < -0.3 is 20.1 Å². The van der Waals surface area contributed by atoms with Crippen molar-refractivity contribution < 1.29 is 14.6 Å². The number of carbonyl (C=O) groups excluding carboxylic acids is 1. The second kappa shape index (κ2) is 12.9. The zero-order valence-corrected chi connectivity index (χ0v) is 21.0. The number of amides is 1. The van der Waals surface area contributed by atoms with Crippen LogP contribution in [0.15, 0.2) is 59.7 Å². The molecule has 0 saturated carbocycles. The van der Waals surface area contributed by atoms with E-state index in [1.54, 1.807) is 6.92 Å². The van der Waals surface area contributed by atoms with Crippen molar-refractivity contribution in [2.24, 2.45) is 0 Å². The third-order valence-electron chi connectivity index (χ3n) is 6.36. The first-order valence-corrected chi connectivity index (χ1v) is 12.5. The number of hydrogen-bond acceptors (Lipinski definition) is 6. The first-order chi connectivity index (χ1) is 18.0. The fourth-order valence-corrected chi connectivity index (χ4v) is 4.20. The van der Waals surface area contributed by atoms with Gasteiger partial charge in [0.15, 0.2) is 0 Å². The molecular formula is C29H32N4O4. The van der Waals surface area contributed by atoms with Crippen molar-refractivity contribution in [3.63, 3.8) is 0 Å². The number of aromatic hydroxyl groups is 1. The Morgan fingerprint density at radius 3 is 2.32 bits per heavy atom. The fourth-order valence-electron chi connectivity index (χ4n) is 4.20. The van der Waals surface area contributed by atoms with Crippen LogP contribution in [0.25, 0.3) is 0 Å². The highest BCUT2D eigenvalue weighted by atomic mass is 16.5. The topological polar surface area (TPSA) is 108 Å². The van der Waals surface area contributed by atoms with Crippen LogP contribution in [0.2, 0.25) is 0 Å². The SMILES string of the molecule is CCC(=O)NCC(Cc1ccc(C#Cc2ccc(CN3CCOCC3)cc2)cc1)c1nc[nH]c(=O)c1O. The Morgan fingerprint density at radius 2 is 1.70 bits per heavy atom. The molecule has 192 valence electrons. The molecule has 1 aliphatic rings. The molecule has 0 radical (unpaired) electrons. The number of nitrogens with zero attached hydrogens (tertiary/aromatic N) is 2. The van der Waals surface area contributed by atoms with E-state index in [4.69, 9.17) is 4.74 Å². The van der Waals surface area contributed by atoms with Gasteiger partial charge in [-0.05, 0) is 41.8 Å². The Hall–Kier alpha value is -3.93. The molecule has 0 bridgehead atoms. The highest BCUT2D eigenvalue weighted by Crippen LogP contribution is 2.24. The lowest BCUT2D eigenvalue weighted by Crippen LogP contribution is -2.35. The molecule has 3 aromatic rings. The summed E-state index contributed by atoms with van der Waals surface area (Å²) < 4.78 is 5.41. The smallest absolute Gasteiger partial charge is 0.293 e. The predicted octanol–water partition coefficient (Wildman–Crippen LogP) is 2.56. The number of benzene rings is 2. The molecule has 1 atom stereocenters. The lowest BCUT2D eigenvalue weighted by atomic mass is 9.94. The number of rotatable bonds is 8. The lowest BCUT2D eigenvalue weighted by molar-refractivity contribution is -0.120. The molecule has 1 saturated heterocycles. The Bertz CT molecular complexity index is 1300. The summed E-state index contributed by atoms with van der Waals surface area (Å²) in [6, 6.07) is 16.2. The van der Waals surface area contributed by atoms with Gasteiger partial charge in [0, 0.05) is 49.6 Å². The van der Waals surface area contributed by atoms with Gasteiger partial charge in [-0.3, -0.25) is 14.5 Å². The van der Waals surface area contributed by atoms with E-state index in [1.807, 2.05) is 36.4 Å². The standard InChI is InChI=1S/C29H32N4O4/c1-2-26(34)30-18-25(27-28(35)29(36)32-20-31-27)17-23-9-5-21(6-10-23)3-4-22-7-11-24(12-8-22)19-33-13-15-37-16-14-33/h5-12,20,25,35H,2,13-19H2,1H3,(H,30,34)(H,31,32,36). The molecule has 37 heavy (non-hydrogen) atoms. The van der Waals surface area contributed by atoms with Gasteiger partial charge in [0.05, 0.1) is 25.2 Å². The van der Waals surface area contributed by atoms with Crippen LogP contribution < -0.4 is 10.9 Å². The molecule has 2 heterocycles. The quantitative estimate of drug-likeness (QED) is 0.411. The molecule has 1 fully saturated rings. The Labute approximate surface area is 216 Å².